The maximum Gasteiger partial charge on any atom is 0.472 e. The van der Waals surface area contributed by atoms with E-state index >= 15 is 0 Å². The standard InChI is InChI=1S/C6H13N.C6H13O8P/c7-6-4-2-1-3-5-6;1-2-3(7)4(8)5(9)6(13-2)14-15(10,11)12/h6H,1-5,7H2;2-9H,1H3,(H2,10,11,12)/t;2-,3+,4+,5-,6+/m.0/s1. The molecule has 1 saturated carbocycles. The molecule has 22 heavy (non-hydrogen) atoms. The van der Waals surface area contributed by atoms with Crippen LogP contribution in [-0.4, -0.2) is 61.9 Å². The van der Waals surface area contributed by atoms with Crippen LogP contribution in [0.1, 0.15) is 39.0 Å². The van der Waals surface area contributed by atoms with Crippen molar-refractivity contribution in [3.63, 3.8) is 0 Å². The van der Waals surface area contributed by atoms with Gasteiger partial charge in [0.15, 0.2) is 6.29 Å². The molecule has 0 amide bonds. The largest absolute Gasteiger partial charge is 0.472 e. The first-order chi connectivity index (χ1) is 10.1. The average molecular weight is 343 g/mol. The number of phosphoric ester groups is 1. The van der Waals surface area contributed by atoms with E-state index in [4.69, 9.17) is 20.3 Å². The lowest BCUT2D eigenvalue weighted by atomic mass is 9.97. The summed E-state index contributed by atoms with van der Waals surface area (Å²) >= 11 is 0. The highest BCUT2D eigenvalue weighted by atomic mass is 31.2. The lowest BCUT2D eigenvalue weighted by molar-refractivity contribution is -0.271. The number of aliphatic hydroxyl groups excluding tert-OH is 3. The minimum Gasteiger partial charge on any atom is -0.388 e. The zero-order chi connectivity index (χ0) is 16.9. The molecular weight excluding hydrogens is 317 g/mol. The summed E-state index contributed by atoms with van der Waals surface area (Å²) in [6, 6.07) is 0.536. The van der Waals surface area contributed by atoms with E-state index in [-0.39, 0.29) is 0 Å². The van der Waals surface area contributed by atoms with Crippen LogP contribution in [0, 0.1) is 0 Å². The molecule has 0 aromatic heterocycles. The molecule has 0 unspecified atom stereocenters. The van der Waals surface area contributed by atoms with Crippen molar-refractivity contribution >= 4 is 7.82 Å². The second kappa shape index (κ2) is 8.68. The molecule has 10 heteroatoms. The van der Waals surface area contributed by atoms with Crippen molar-refractivity contribution in [1.29, 1.82) is 0 Å². The molecule has 0 bridgehead atoms. The highest BCUT2D eigenvalue weighted by Crippen LogP contribution is 2.40. The lowest BCUT2D eigenvalue weighted by Gasteiger charge is -2.38. The van der Waals surface area contributed by atoms with Gasteiger partial charge in [0.05, 0.1) is 6.10 Å². The minimum absolute atomic E-state index is 0.536. The van der Waals surface area contributed by atoms with E-state index in [9.17, 15) is 19.9 Å². The fourth-order valence-electron chi connectivity index (χ4n) is 2.37. The van der Waals surface area contributed by atoms with Crippen LogP contribution < -0.4 is 5.73 Å². The molecule has 2 aliphatic rings. The molecule has 0 radical (unpaired) electrons. The third kappa shape index (κ3) is 6.57. The van der Waals surface area contributed by atoms with Crippen molar-refractivity contribution in [2.24, 2.45) is 5.73 Å². The van der Waals surface area contributed by atoms with Gasteiger partial charge in [-0.1, -0.05) is 19.3 Å². The summed E-state index contributed by atoms with van der Waals surface area (Å²) in [6.45, 7) is 1.37. The fraction of sp³-hybridized carbons (Fsp3) is 1.00. The molecule has 1 aliphatic carbocycles. The summed E-state index contributed by atoms with van der Waals surface area (Å²) in [5.41, 5.74) is 5.63. The average Bonchev–Trinajstić information content (AvgIpc) is 2.42. The Bertz CT molecular complexity index is 372. The van der Waals surface area contributed by atoms with Gasteiger partial charge in [-0.15, -0.1) is 0 Å². The van der Waals surface area contributed by atoms with Gasteiger partial charge in [0, 0.05) is 6.04 Å². The second-order valence-corrected chi connectivity index (χ2v) is 6.87. The van der Waals surface area contributed by atoms with Crippen molar-refractivity contribution in [3.05, 3.63) is 0 Å². The second-order valence-electron chi connectivity index (χ2n) is 5.68. The quantitative estimate of drug-likeness (QED) is 0.352. The van der Waals surface area contributed by atoms with Crippen LogP contribution >= 0.6 is 7.82 Å². The van der Waals surface area contributed by atoms with Crippen LogP contribution in [-0.2, 0) is 13.8 Å². The Morgan fingerprint density at radius 1 is 1.05 bits per heavy atom. The molecule has 0 aromatic rings. The molecule has 0 spiro atoms. The third-order valence-corrected chi connectivity index (χ3v) is 4.18. The van der Waals surface area contributed by atoms with E-state index in [2.05, 4.69) is 4.52 Å². The van der Waals surface area contributed by atoms with Crippen LogP contribution in [0.25, 0.3) is 0 Å². The van der Waals surface area contributed by atoms with Crippen molar-refractivity contribution in [2.75, 3.05) is 0 Å². The lowest BCUT2D eigenvalue weighted by Crippen LogP contribution is -2.57. The molecule has 1 aliphatic heterocycles. The maximum absolute atomic E-state index is 10.5. The van der Waals surface area contributed by atoms with Crippen molar-refractivity contribution in [2.45, 2.75) is 75.8 Å². The van der Waals surface area contributed by atoms with Crippen LogP contribution in [0.15, 0.2) is 0 Å². The molecule has 132 valence electrons. The van der Waals surface area contributed by atoms with Gasteiger partial charge in [0.2, 0.25) is 0 Å². The number of phosphoric acid groups is 1. The van der Waals surface area contributed by atoms with E-state index in [1.54, 1.807) is 0 Å². The molecule has 2 fully saturated rings. The number of nitrogens with two attached hydrogens (primary N) is 1. The molecule has 5 atom stereocenters. The van der Waals surface area contributed by atoms with Gasteiger partial charge in [0.25, 0.3) is 0 Å². The Kier molecular flexibility index (Phi) is 7.87. The van der Waals surface area contributed by atoms with Crippen LogP contribution in [0.5, 0.6) is 0 Å². The minimum atomic E-state index is -4.82. The predicted molar refractivity (Wildman–Crippen MR) is 76.5 cm³/mol. The van der Waals surface area contributed by atoms with Gasteiger partial charge in [0.1, 0.15) is 18.3 Å². The molecule has 2 rings (SSSR count). The first-order valence-electron chi connectivity index (χ1n) is 7.31. The molecule has 7 N–H and O–H groups in total. The summed E-state index contributed by atoms with van der Waals surface area (Å²) in [5, 5.41) is 27.8. The molecule has 9 nitrogen and oxygen atoms in total. The maximum atomic E-state index is 10.5. The fourth-order valence-corrected chi connectivity index (χ4v) is 2.82. The van der Waals surface area contributed by atoms with Gasteiger partial charge in [-0.2, -0.15) is 0 Å². The number of aliphatic hydroxyl groups is 3. The highest BCUT2D eigenvalue weighted by Gasteiger charge is 2.44. The topological polar surface area (TPSA) is 163 Å². The summed E-state index contributed by atoms with van der Waals surface area (Å²) in [5.74, 6) is 0. The zero-order valence-electron chi connectivity index (χ0n) is 12.5. The van der Waals surface area contributed by atoms with Crippen LogP contribution in [0.4, 0.5) is 0 Å². The Labute approximate surface area is 129 Å². The van der Waals surface area contributed by atoms with Gasteiger partial charge >= 0.3 is 7.82 Å². The van der Waals surface area contributed by atoms with Crippen LogP contribution in [0.3, 0.4) is 0 Å². The van der Waals surface area contributed by atoms with E-state index < -0.39 is 38.5 Å². The molecule has 1 heterocycles. The number of hydrogen-bond donors (Lipinski definition) is 6. The van der Waals surface area contributed by atoms with E-state index in [0.29, 0.717) is 6.04 Å². The SMILES string of the molecule is C[C@@H]1O[C@H](OP(=O)(O)O)[C@@H](O)[C@H](O)[C@@H]1O.NC1CCCCC1. The van der Waals surface area contributed by atoms with Crippen molar-refractivity contribution in [1.82, 2.24) is 0 Å². The number of ether oxygens (including phenoxy) is 1. The van der Waals surface area contributed by atoms with Gasteiger partial charge in [-0.05, 0) is 19.8 Å². The predicted octanol–water partition coefficient (Wildman–Crippen LogP) is -0.799. The van der Waals surface area contributed by atoms with Gasteiger partial charge < -0.3 is 35.6 Å². The Morgan fingerprint density at radius 2 is 1.59 bits per heavy atom. The third-order valence-electron chi connectivity index (χ3n) is 3.70. The van der Waals surface area contributed by atoms with Gasteiger partial charge in [-0.3, -0.25) is 4.52 Å². The summed E-state index contributed by atoms with van der Waals surface area (Å²) in [6.07, 6.45) is -0.541. The number of rotatable bonds is 2. The summed E-state index contributed by atoms with van der Waals surface area (Å²) in [4.78, 5) is 17.0. The van der Waals surface area contributed by atoms with Crippen LogP contribution in [0.2, 0.25) is 0 Å². The summed E-state index contributed by atoms with van der Waals surface area (Å²) < 4.78 is 19.4. The normalized spacial score (nSPS) is 37.3. The molecule has 1 saturated heterocycles. The smallest absolute Gasteiger partial charge is 0.388 e. The number of hydrogen-bond acceptors (Lipinski definition) is 7. The molecular formula is C12H26NO8P. The van der Waals surface area contributed by atoms with E-state index in [1.807, 2.05) is 0 Å². The Hall–Kier alpha value is -0.0900. The first-order valence-corrected chi connectivity index (χ1v) is 8.84. The van der Waals surface area contributed by atoms with E-state index in [1.165, 1.54) is 39.0 Å². The van der Waals surface area contributed by atoms with Crippen molar-refractivity contribution < 1.29 is 38.9 Å². The highest BCUT2D eigenvalue weighted by molar-refractivity contribution is 7.46. The monoisotopic (exact) mass is 343 g/mol. The van der Waals surface area contributed by atoms with Crippen molar-refractivity contribution in [3.8, 4) is 0 Å². The zero-order valence-corrected chi connectivity index (χ0v) is 13.4. The molecule has 0 aromatic carbocycles. The van der Waals surface area contributed by atoms with E-state index in [0.717, 1.165) is 0 Å². The van der Waals surface area contributed by atoms with Gasteiger partial charge in [-0.25, -0.2) is 4.57 Å². The Morgan fingerprint density at radius 3 is 2.00 bits per heavy atom. The summed E-state index contributed by atoms with van der Waals surface area (Å²) in [7, 11) is -4.82. The first kappa shape index (κ1) is 20.0. The Balaban J connectivity index is 0.000000287.